The second-order valence-corrected chi connectivity index (χ2v) is 5.18. The van der Waals surface area contributed by atoms with Gasteiger partial charge in [0.15, 0.2) is 0 Å². The quantitative estimate of drug-likeness (QED) is 0.755. The van der Waals surface area contributed by atoms with Gasteiger partial charge in [-0.1, -0.05) is 19.1 Å². The molecule has 3 rings (SSSR count). The summed E-state index contributed by atoms with van der Waals surface area (Å²) in [6, 6.07) is 8.02. The van der Waals surface area contributed by atoms with Crippen LogP contribution in [-0.2, 0) is 0 Å². The highest BCUT2D eigenvalue weighted by molar-refractivity contribution is 7.09. The van der Waals surface area contributed by atoms with Crippen LogP contribution in [0.1, 0.15) is 17.8 Å². The number of aromatic amines is 1. The van der Waals surface area contributed by atoms with Gasteiger partial charge in [0.1, 0.15) is 0 Å². The van der Waals surface area contributed by atoms with Crippen LogP contribution in [0, 0.1) is 0 Å². The lowest BCUT2D eigenvalue weighted by atomic mass is 10.2. The third-order valence-corrected chi connectivity index (χ3v) is 3.85. The summed E-state index contributed by atoms with van der Waals surface area (Å²) in [6.45, 7) is 2.99. The van der Waals surface area contributed by atoms with Crippen molar-refractivity contribution >= 4 is 28.3 Å². The van der Waals surface area contributed by atoms with Crippen LogP contribution in [0.25, 0.3) is 11.0 Å². The van der Waals surface area contributed by atoms with Crippen LogP contribution in [0.3, 0.4) is 0 Å². The molecule has 92 valence electrons. The highest BCUT2D eigenvalue weighted by Gasteiger charge is 2.09. The van der Waals surface area contributed by atoms with E-state index in [1.54, 1.807) is 11.3 Å². The molecule has 0 saturated heterocycles. The second-order valence-electron chi connectivity index (χ2n) is 4.25. The first kappa shape index (κ1) is 11.2. The molecule has 2 N–H and O–H groups in total. The molecule has 0 unspecified atom stereocenters. The number of rotatable bonds is 4. The molecule has 2 heterocycles. The molecule has 0 aliphatic heterocycles. The standard InChI is InChI=1S/C13H14N4S/c1-9(12-14-6-7-18-12)8-15-13-16-10-4-2-3-5-11(10)17-13/h2-7,9H,8H2,1H3,(H2,15,16,17)/t9-/m1/s1. The zero-order valence-electron chi connectivity index (χ0n) is 10.1. The Bertz CT molecular complexity index is 596. The van der Waals surface area contributed by atoms with Crippen molar-refractivity contribution in [3.05, 3.63) is 40.8 Å². The van der Waals surface area contributed by atoms with E-state index >= 15 is 0 Å². The molecule has 18 heavy (non-hydrogen) atoms. The van der Waals surface area contributed by atoms with Crippen molar-refractivity contribution < 1.29 is 0 Å². The van der Waals surface area contributed by atoms with E-state index < -0.39 is 0 Å². The first-order valence-corrected chi connectivity index (χ1v) is 6.79. The van der Waals surface area contributed by atoms with Gasteiger partial charge in [0, 0.05) is 24.0 Å². The van der Waals surface area contributed by atoms with Crippen LogP contribution in [0.5, 0.6) is 0 Å². The van der Waals surface area contributed by atoms with E-state index in [0.717, 1.165) is 28.5 Å². The number of H-pyrrole nitrogens is 1. The summed E-state index contributed by atoms with van der Waals surface area (Å²) in [5, 5.41) is 6.48. The van der Waals surface area contributed by atoms with E-state index in [-0.39, 0.29) is 0 Å². The number of fused-ring (bicyclic) bond motifs is 1. The first-order chi connectivity index (χ1) is 8.83. The number of nitrogens with one attached hydrogen (secondary N) is 2. The van der Waals surface area contributed by atoms with Gasteiger partial charge in [-0.25, -0.2) is 9.97 Å². The number of hydrogen-bond donors (Lipinski definition) is 2. The molecule has 1 aromatic carbocycles. The number of nitrogens with zero attached hydrogens (tertiary/aromatic N) is 2. The predicted octanol–water partition coefficient (Wildman–Crippen LogP) is 3.24. The highest BCUT2D eigenvalue weighted by Crippen LogP contribution is 2.19. The van der Waals surface area contributed by atoms with Gasteiger partial charge >= 0.3 is 0 Å². The lowest BCUT2D eigenvalue weighted by Crippen LogP contribution is -2.10. The molecule has 0 fully saturated rings. The number of anilines is 1. The molecule has 0 aliphatic rings. The third-order valence-electron chi connectivity index (χ3n) is 2.84. The molecule has 0 bridgehead atoms. The van der Waals surface area contributed by atoms with Crippen molar-refractivity contribution in [1.29, 1.82) is 0 Å². The van der Waals surface area contributed by atoms with Gasteiger partial charge < -0.3 is 10.3 Å². The van der Waals surface area contributed by atoms with Crippen LogP contribution < -0.4 is 5.32 Å². The fraction of sp³-hybridized carbons (Fsp3) is 0.231. The van der Waals surface area contributed by atoms with Gasteiger partial charge in [0.2, 0.25) is 5.95 Å². The van der Waals surface area contributed by atoms with Gasteiger partial charge in [-0.2, -0.15) is 0 Å². The molecule has 0 saturated carbocycles. The maximum atomic E-state index is 4.48. The molecule has 0 spiro atoms. The minimum atomic E-state index is 0.387. The van der Waals surface area contributed by atoms with Crippen molar-refractivity contribution in [2.45, 2.75) is 12.8 Å². The number of benzene rings is 1. The number of thiazole rings is 1. The molecule has 1 atom stereocenters. The van der Waals surface area contributed by atoms with Gasteiger partial charge in [0.05, 0.1) is 16.0 Å². The van der Waals surface area contributed by atoms with Gasteiger partial charge in [0.25, 0.3) is 0 Å². The van der Waals surface area contributed by atoms with Crippen LogP contribution in [0.4, 0.5) is 5.95 Å². The number of hydrogen-bond acceptors (Lipinski definition) is 4. The van der Waals surface area contributed by atoms with E-state index in [1.807, 2.05) is 35.8 Å². The van der Waals surface area contributed by atoms with Gasteiger partial charge in [-0.3, -0.25) is 0 Å². The summed E-state index contributed by atoms with van der Waals surface area (Å²) in [6.07, 6.45) is 1.84. The van der Waals surface area contributed by atoms with Crippen LogP contribution >= 0.6 is 11.3 Å². The normalized spacial score (nSPS) is 12.7. The van der Waals surface area contributed by atoms with Crippen molar-refractivity contribution in [3.8, 4) is 0 Å². The fourth-order valence-electron chi connectivity index (χ4n) is 1.85. The Morgan fingerprint density at radius 1 is 1.39 bits per heavy atom. The fourth-order valence-corrected chi connectivity index (χ4v) is 2.55. The van der Waals surface area contributed by atoms with Crippen molar-refractivity contribution in [2.75, 3.05) is 11.9 Å². The minimum Gasteiger partial charge on any atom is -0.355 e. The maximum absolute atomic E-state index is 4.48. The zero-order chi connectivity index (χ0) is 12.4. The first-order valence-electron chi connectivity index (χ1n) is 5.91. The van der Waals surface area contributed by atoms with Gasteiger partial charge in [-0.15, -0.1) is 11.3 Å². The van der Waals surface area contributed by atoms with Crippen molar-refractivity contribution in [1.82, 2.24) is 15.0 Å². The Kier molecular flexibility index (Phi) is 2.98. The molecule has 2 aromatic heterocycles. The topological polar surface area (TPSA) is 53.6 Å². The monoisotopic (exact) mass is 258 g/mol. The SMILES string of the molecule is C[C@H](CNc1nc2ccccc2[nH]1)c1nccs1. The van der Waals surface area contributed by atoms with E-state index in [2.05, 4.69) is 27.2 Å². The van der Waals surface area contributed by atoms with Gasteiger partial charge in [-0.05, 0) is 12.1 Å². The summed E-state index contributed by atoms with van der Waals surface area (Å²) >= 11 is 1.69. The van der Waals surface area contributed by atoms with Crippen LogP contribution in [-0.4, -0.2) is 21.5 Å². The Morgan fingerprint density at radius 3 is 3.06 bits per heavy atom. The Labute approximate surface area is 109 Å². The van der Waals surface area contributed by atoms with Crippen molar-refractivity contribution in [2.24, 2.45) is 0 Å². The third kappa shape index (κ3) is 2.22. The lowest BCUT2D eigenvalue weighted by Gasteiger charge is -2.08. The summed E-state index contributed by atoms with van der Waals surface area (Å²) in [7, 11) is 0. The molecule has 0 amide bonds. The molecule has 0 aliphatic carbocycles. The van der Waals surface area contributed by atoms with E-state index in [1.165, 1.54) is 0 Å². The van der Waals surface area contributed by atoms with E-state index in [9.17, 15) is 0 Å². The summed E-state index contributed by atoms with van der Waals surface area (Å²) in [4.78, 5) is 12.1. The smallest absolute Gasteiger partial charge is 0.201 e. The predicted molar refractivity (Wildman–Crippen MR) is 75.1 cm³/mol. The van der Waals surface area contributed by atoms with E-state index in [4.69, 9.17) is 0 Å². The summed E-state index contributed by atoms with van der Waals surface area (Å²) in [5.41, 5.74) is 2.05. The summed E-state index contributed by atoms with van der Waals surface area (Å²) in [5.74, 6) is 1.21. The number of aromatic nitrogens is 3. The molecule has 0 radical (unpaired) electrons. The molecule has 5 heteroatoms. The molecular weight excluding hydrogens is 244 g/mol. The zero-order valence-corrected chi connectivity index (χ0v) is 10.9. The minimum absolute atomic E-state index is 0.387. The highest BCUT2D eigenvalue weighted by atomic mass is 32.1. The molecule has 4 nitrogen and oxygen atoms in total. The number of para-hydroxylation sites is 2. The average molecular weight is 258 g/mol. The molecular formula is C13H14N4S. The largest absolute Gasteiger partial charge is 0.355 e. The maximum Gasteiger partial charge on any atom is 0.201 e. The average Bonchev–Trinajstić information content (AvgIpc) is 3.04. The lowest BCUT2D eigenvalue weighted by molar-refractivity contribution is 0.790. The summed E-state index contributed by atoms with van der Waals surface area (Å²) < 4.78 is 0. The molecule has 3 aromatic rings. The Balaban J connectivity index is 1.69. The van der Waals surface area contributed by atoms with Crippen LogP contribution in [0.15, 0.2) is 35.8 Å². The number of imidazole rings is 1. The van der Waals surface area contributed by atoms with Crippen LogP contribution in [0.2, 0.25) is 0 Å². The van der Waals surface area contributed by atoms with E-state index in [0.29, 0.717) is 5.92 Å². The Hall–Kier alpha value is -1.88. The second kappa shape index (κ2) is 4.78. The Morgan fingerprint density at radius 2 is 2.28 bits per heavy atom. The van der Waals surface area contributed by atoms with Crippen molar-refractivity contribution in [3.63, 3.8) is 0 Å².